The number of rotatable bonds is 10. The van der Waals surface area contributed by atoms with Gasteiger partial charge in [0, 0.05) is 39.9 Å². The van der Waals surface area contributed by atoms with Crippen LogP contribution in [0.4, 0.5) is 0 Å². The van der Waals surface area contributed by atoms with Gasteiger partial charge in [0.2, 0.25) is 5.91 Å². The number of nitrogens with one attached hydrogen (secondary N) is 2. The van der Waals surface area contributed by atoms with Gasteiger partial charge in [0.1, 0.15) is 6.54 Å². The van der Waals surface area contributed by atoms with Crippen LogP contribution in [0, 0.1) is 0 Å². The smallest absolute Gasteiger partial charge is 0.244 e. The Bertz CT molecular complexity index is 350. The first kappa shape index (κ1) is 23.4. The highest BCUT2D eigenvalue weighted by molar-refractivity contribution is 14.0. The van der Waals surface area contributed by atoms with E-state index in [-0.39, 0.29) is 36.4 Å². The standard InChI is InChI=1S/C16H32N4O3.HI/c1-3-17-16(18-8-7-11-23-13-12-22-2)19-14-15(21)20-9-5-4-6-10-20;/h3-14H2,1-2H3,(H2,17,18,19);1H. The van der Waals surface area contributed by atoms with Crippen LogP contribution in [0.1, 0.15) is 32.6 Å². The molecule has 0 radical (unpaired) electrons. The van der Waals surface area contributed by atoms with Crippen molar-refractivity contribution in [2.45, 2.75) is 32.6 Å². The Balaban J connectivity index is 0.00000529. The molecule has 2 N–H and O–H groups in total. The van der Waals surface area contributed by atoms with Gasteiger partial charge in [0.15, 0.2) is 5.96 Å². The van der Waals surface area contributed by atoms with Gasteiger partial charge in [-0.25, -0.2) is 4.99 Å². The van der Waals surface area contributed by atoms with Crippen molar-refractivity contribution in [2.24, 2.45) is 4.99 Å². The molecule has 0 atom stereocenters. The molecule has 1 amide bonds. The maximum Gasteiger partial charge on any atom is 0.244 e. The van der Waals surface area contributed by atoms with Crippen LogP contribution in [0.25, 0.3) is 0 Å². The Morgan fingerprint density at radius 2 is 1.88 bits per heavy atom. The minimum Gasteiger partial charge on any atom is -0.382 e. The maximum atomic E-state index is 12.1. The third kappa shape index (κ3) is 11.0. The number of hydrogen-bond acceptors (Lipinski definition) is 4. The third-order valence-corrected chi connectivity index (χ3v) is 3.62. The van der Waals surface area contributed by atoms with Gasteiger partial charge in [-0.05, 0) is 32.6 Å². The Morgan fingerprint density at radius 1 is 1.12 bits per heavy atom. The lowest BCUT2D eigenvalue weighted by molar-refractivity contribution is -0.130. The number of ether oxygens (including phenoxy) is 2. The predicted octanol–water partition coefficient (Wildman–Crippen LogP) is 1.23. The Kier molecular flexibility index (Phi) is 15.5. The third-order valence-electron chi connectivity index (χ3n) is 3.62. The van der Waals surface area contributed by atoms with Crippen molar-refractivity contribution in [3.8, 4) is 0 Å². The van der Waals surface area contributed by atoms with Gasteiger partial charge in [0.25, 0.3) is 0 Å². The Labute approximate surface area is 162 Å². The van der Waals surface area contributed by atoms with Crippen LogP contribution in [-0.4, -0.2) is 76.4 Å². The molecule has 142 valence electrons. The van der Waals surface area contributed by atoms with E-state index in [0.717, 1.165) is 45.4 Å². The second-order valence-electron chi connectivity index (χ2n) is 5.52. The van der Waals surface area contributed by atoms with E-state index in [2.05, 4.69) is 15.6 Å². The summed E-state index contributed by atoms with van der Waals surface area (Å²) in [5.41, 5.74) is 0. The molecule has 8 heteroatoms. The Morgan fingerprint density at radius 3 is 2.54 bits per heavy atom. The number of halogens is 1. The van der Waals surface area contributed by atoms with E-state index < -0.39 is 0 Å². The van der Waals surface area contributed by atoms with Gasteiger partial charge >= 0.3 is 0 Å². The topological polar surface area (TPSA) is 75.2 Å². The normalized spacial score (nSPS) is 14.9. The quantitative estimate of drug-likeness (QED) is 0.224. The zero-order chi connectivity index (χ0) is 16.8. The number of likely N-dealkylation sites (tertiary alicyclic amines) is 1. The number of nitrogens with zero attached hydrogens (tertiary/aromatic N) is 2. The number of amides is 1. The monoisotopic (exact) mass is 456 g/mol. The fourth-order valence-electron chi connectivity index (χ4n) is 2.36. The minimum absolute atomic E-state index is 0. The highest BCUT2D eigenvalue weighted by Crippen LogP contribution is 2.08. The highest BCUT2D eigenvalue weighted by Gasteiger charge is 2.15. The van der Waals surface area contributed by atoms with Crippen LogP contribution in [-0.2, 0) is 14.3 Å². The van der Waals surface area contributed by atoms with Crippen molar-refractivity contribution in [1.29, 1.82) is 0 Å². The SMILES string of the molecule is CCNC(=NCC(=O)N1CCCCC1)NCCCOCCOC.I. The van der Waals surface area contributed by atoms with Crippen molar-refractivity contribution in [2.75, 3.05) is 59.7 Å². The second-order valence-corrected chi connectivity index (χ2v) is 5.52. The molecule has 1 heterocycles. The van der Waals surface area contributed by atoms with Crippen molar-refractivity contribution >= 4 is 35.8 Å². The molecule has 0 bridgehead atoms. The summed E-state index contributed by atoms with van der Waals surface area (Å²) < 4.78 is 10.3. The molecule has 0 saturated carbocycles. The fraction of sp³-hybridized carbons (Fsp3) is 0.875. The summed E-state index contributed by atoms with van der Waals surface area (Å²) >= 11 is 0. The number of methoxy groups -OCH3 is 1. The summed E-state index contributed by atoms with van der Waals surface area (Å²) in [5.74, 6) is 0.805. The van der Waals surface area contributed by atoms with E-state index in [0.29, 0.717) is 25.8 Å². The summed E-state index contributed by atoms with van der Waals surface area (Å²) in [5, 5.41) is 6.39. The van der Waals surface area contributed by atoms with Crippen LogP contribution >= 0.6 is 24.0 Å². The van der Waals surface area contributed by atoms with E-state index in [1.165, 1.54) is 6.42 Å². The molecule has 0 aliphatic carbocycles. The second kappa shape index (κ2) is 15.9. The van der Waals surface area contributed by atoms with Gasteiger partial charge < -0.3 is 25.0 Å². The van der Waals surface area contributed by atoms with E-state index >= 15 is 0 Å². The van der Waals surface area contributed by atoms with Crippen LogP contribution in [0.15, 0.2) is 4.99 Å². The van der Waals surface area contributed by atoms with Crippen LogP contribution in [0.2, 0.25) is 0 Å². The Hall–Kier alpha value is -0.610. The first-order valence-electron chi connectivity index (χ1n) is 8.64. The summed E-state index contributed by atoms with van der Waals surface area (Å²) in [6, 6.07) is 0. The van der Waals surface area contributed by atoms with E-state index in [4.69, 9.17) is 9.47 Å². The molecule has 1 rings (SSSR count). The van der Waals surface area contributed by atoms with E-state index in [9.17, 15) is 4.79 Å². The largest absolute Gasteiger partial charge is 0.382 e. The molecule has 0 aromatic carbocycles. The van der Waals surface area contributed by atoms with Gasteiger partial charge in [0.05, 0.1) is 13.2 Å². The molecule has 1 saturated heterocycles. The van der Waals surface area contributed by atoms with Crippen LogP contribution < -0.4 is 10.6 Å². The minimum atomic E-state index is 0. The first-order chi connectivity index (χ1) is 11.3. The number of aliphatic imine (C=N–C) groups is 1. The molecule has 1 fully saturated rings. The van der Waals surface area contributed by atoms with Gasteiger partial charge in [-0.3, -0.25) is 4.79 Å². The van der Waals surface area contributed by atoms with Gasteiger partial charge in [-0.2, -0.15) is 0 Å². The zero-order valence-electron chi connectivity index (χ0n) is 15.0. The molecule has 0 spiro atoms. The molecule has 24 heavy (non-hydrogen) atoms. The molecule has 1 aliphatic rings. The van der Waals surface area contributed by atoms with Gasteiger partial charge in [-0.15, -0.1) is 24.0 Å². The molecule has 0 aromatic heterocycles. The molecule has 0 unspecified atom stereocenters. The van der Waals surface area contributed by atoms with Crippen molar-refractivity contribution in [3.63, 3.8) is 0 Å². The van der Waals surface area contributed by atoms with Gasteiger partial charge in [-0.1, -0.05) is 0 Å². The lowest BCUT2D eigenvalue weighted by Crippen LogP contribution is -2.40. The molecule has 1 aliphatic heterocycles. The van der Waals surface area contributed by atoms with Crippen LogP contribution in [0.3, 0.4) is 0 Å². The summed E-state index contributed by atoms with van der Waals surface area (Å²) in [6.45, 7) is 7.42. The van der Waals surface area contributed by atoms with E-state index in [1.807, 2.05) is 11.8 Å². The number of guanidine groups is 1. The van der Waals surface area contributed by atoms with E-state index in [1.54, 1.807) is 7.11 Å². The lowest BCUT2D eigenvalue weighted by atomic mass is 10.1. The van der Waals surface area contributed by atoms with Crippen molar-refractivity contribution < 1.29 is 14.3 Å². The number of carbonyl (C=O) groups is 1. The average Bonchev–Trinajstić information content (AvgIpc) is 2.59. The summed E-state index contributed by atoms with van der Waals surface area (Å²) in [6.07, 6.45) is 4.32. The molecular weight excluding hydrogens is 423 g/mol. The molecule has 0 aromatic rings. The predicted molar refractivity (Wildman–Crippen MR) is 107 cm³/mol. The van der Waals surface area contributed by atoms with Crippen molar-refractivity contribution in [3.05, 3.63) is 0 Å². The maximum absolute atomic E-state index is 12.1. The number of piperidine rings is 1. The molecule has 7 nitrogen and oxygen atoms in total. The van der Waals surface area contributed by atoms with Crippen molar-refractivity contribution in [1.82, 2.24) is 15.5 Å². The van der Waals surface area contributed by atoms with Crippen LogP contribution in [0.5, 0.6) is 0 Å². The number of carbonyl (C=O) groups excluding carboxylic acids is 1. The lowest BCUT2D eigenvalue weighted by Gasteiger charge is -2.26. The fourth-order valence-corrected chi connectivity index (χ4v) is 2.36. The average molecular weight is 456 g/mol. The summed E-state index contributed by atoms with van der Waals surface area (Å²) in [7, 11) is 1.66. The zero-order valence-corrected chi connectivity index (χ0v) is 17.3. The molecular formula is C16H33IN4O3. The summed E-state index contributed by atoms with van der Waals surface area (Å²) in [4.78, 5) is 18.4. The number of hydrogen-bond donors (Lipinski definition) is 2. The first-order valence-corrected chi connectivity index (χ1v) is 8.64. The highest BCUT2D eigenvalue weighted by atomic mass is 127.